The molecular formula is C39H38FNO4S. The van der Waals surface area contributed by atoms with Gasteiger partial charge in [-0.05, 0) is 87.2 Å². The minimum atomic E-state index is -4.30. The van der Waals surface area contributed by atoms with Gasteiger partial charge in [-0.3, -0.25) is 4.98 Å². The summed E-state index contributed by atoms with van der Waals surface area (Å²) < 4.78 is 48.1. The molecular weight excluding hydrogens is 597 g/mol. The van der Waals surface area contributed by atoms with Gasteiger partial charge in [-0.1, -0.05) is 90.1 Å². The topological polar surface area (TPSA) is 76.5 Å². The van der Waals surface area contributed by atoms with Crippen molar-refractivity contribution in [2.45, 2.75) is 59.3 Å². The Morgan fingerprint density at radius 1 is 0.761 bits per heavy atom. The van der Waals surface area contributed by atoms with E-state index in [1.807, 2.05) is 6.07 Å². The fraction of sp³-hybridized carbons (Fsp3) is 0.256. The summed E-state index contributed by atoms with van der Waals surface area (Å²) in [5.41, 5.74) is 2.67. The molecule has 0 saturated heterocycles. The van der Waals surface area contributed by atoms with Gasteiger partial charge in [-0.15, -0.1) is 0 Å². The lowest BCUT2D eigenvalue weighted by Gasteiger charge is -2.23. The number of rotatable bonds is 6. The van der Waals surface area contributed by atoms with Crippen molar-refractivity contribution in [1.29, 1.82) is 0 Å². The van der Waals surface area contributed by atoms with Gasteiger partial charge in [0, 0.05) is 22.7 Å². The number of halogens is 1. The second-order valence-corrected chi connectivity index (χ2v) is 16.0. The average molecular weight is 636 g/mol. The molecule has 5 nitrogen and oxygen atoms in total. The van der Waals surface area contributed by atoms with Crippen LogP contribution in [0, 0.1) is 16.6 Å². The highest BCUT2D eigenvalue weighted by atomic mass is 32.2. The molecule has 7 heteroatoms. The number of phenolic OH excluding ortho intramolecular Hbond substituents is 1. The van der Waals surface area contributed by atoms with Gasteiger partial charge < -0.3 is 9.29 Å². The minimum absolute atomic E-state index is 0.0328. The largest absolute Gasteiger partial charge is 0.507 e. The Bertz CT molecular complexity index is 2230. The summed E-state index contributed by atoms with van der Waals surface area (Å²) in [6, 6.07) is 24.0. The Hall–Kier alpha value is -4.49. The first-order chi connectivity index (χ1) is 21.6. The van der Waals surface area contributed by atoms with Crippen molar-refractivity contribution in [3.63, 3.8) is 0 Å². The first-order valence-corrected chi connectivity index (χ1v) is 16.8. The highest BCUT2D eigenvalue weighted by molar-refractivity contribution is 7.87. The van der Waals surface area contributed by atoms with Gasteiger partial charge in [-0.25, -0.2) is 4.39 Å². The molecule has 0 amide bonds. The molecule has 0 saturated carbocycles. The molecule has 46 heavy (non-hydrogen) atoms. The highest BCUT2D eigenvalue weighted by Gasteiger charge is 2.26. The van der Waals surface area contributed by atoms with E-state index in [0.29, 0.717) is 33.8 Å². The normalized spacial score (nSPS) is 12.7. The van der Waals surface area contributed by atoms with Gasteiger partial charge >= 0.3 is 10.1 Å². The molecule has 1 N–H and O–H groups in total. The van der Waals surface area contributed by atoms with Gasteiger partial charge in [-0.2, -0.15) is 8.42 Å². The number of aromatic nitrogens is 1. The van der Waals surface area contributed by atoms with E-state index in [0.717, 1.165) is 22.8 Å². The molecule has 0 aliphatic rings. The van der Waals surface area contributed by atoms with Gasteiger partial charge in [0.2, 0.25) is 0 Å². The zero-order valence-electron chi connectivity index (χ0n) is 27.0. The summed E-state index contributed by atoms with van der Waals surface area (Å²) in [4.78, 5) is 4.70. The van der Waals surface area contributed by atoms with Crippen molar-refractivity contribution in [3.05, 3.63) is 108 Å². The molecule has 0 spiro atoms. The monoisotopic (exact) mass is 635 g/mol. The maximum absolute atomic E-state index is 15.2. The van der Waals surface area contributed by atoms with E-state index in [4.69, 9.17) is 9.17 Å². The summed E-state index contributed by atoms with van der Waals surface area (Å²) in [5.74, 6) is -0.507. The van der Waals surface area contributed by atoms with E-state index in [1.165, 1.54) is 29.8 Å². The second-order valence-electron chi connectivity index (χ2n) is 14.4. The fourth-order valence-electron chi connectivity index (χ4n) is 6.21. The lowest BCUT2D eigenvalue weighted by Crippen LogP contribution is -2.11. The summed E-state index contributed by atoms with van der Waals surface area (Å²) in [6.45, 7) is 13.0. The van der Waals surface area contributed by atoms with Crippen molar-refractivity contribution in [2.75, 3.05) is 0 Å². The zero-order chi connectivity index (χ0) is 33.0. The van der Waals surface area contributed by atoms with Crippen LogP contribution in [0.2, 0.25) is 0 Å². The molecule has 0 bridgehead atoms. The quantitative estimate of drug-likeness (QED) is 0.146. The number of nitrogens with zero attached hydrogens (tertiary/aromatic N) is 1. The molecule has 0 unspecified atom stereocenters. The molecule has 1 heterocycles. The predicted octanol–water partition coefficient (Wildman–Crippen LogP) is 10.00. The van der Waals surface area contributed by atoms with E-state index in [2.05, 4.69) is 59.7 Å². The Balaban J connectivity index is 1.69. The molecule has 5 aromatic carbocycles. The van der Waals surface area contributed by atoms with Crippen LogP contribution in [0.5, 0.6) is 11.5 Å². The van der Waals surface area contributed by atoms with Crippen molar-refractivity contribution in [2.24, 2.45) is 10.8 Å². The van der Waals surface area contributed by atoms with Crippen LogP contribution in [-0.2, 0) is 23.0 Å². The van der Waals surface area contributed by atoms with Crippen molar-refractivity contribution in [3.8, 4) is 22.8 Å². The standard InChI is InChI=1S/C39H38FNO4S/c1-38(2,3)22-24-15-16-27-25(19-24)20-31(37(42)32(27)23-39(4,5)6)36-35-29(17-18-41-36)28-13-10-14-33(40)30(28)21-34(35)45-46(43,44)26-11-8-7-9-12-26/h7-21,42H,22-23H2,1-6H3. The highest BCUT2D eigenvalue weighted by Crippen LogP contribution is 2.46. The number of phenols is 1. The number of fused-ring (bicyclic) bond motifs is 4. The Labute approximate surface area is 269 Å². The summed E-state index contributed by atoms with van der Waals surface area (Å²) in [5, 5.41) is 15.6. The number of hydrogen-bond donors (Lipinski definition) is 1. The maximum Gasteiger partial charge on any atom is 0.339 e. The molecule has 236 valence electrons. The van der Waals surface area contributed by atoms with E-state index in [-0.39, 0.29) is 32.6 Å². The third-order valence-corrected chi connectivity index (χ3v) is 9.27. The summed E-state index contributed by atoms with van der Waals surface area (Å²) in [6.07, 6.45) is 3.06. The van der Waals surface area contributed by atoms with Crippen molar-refractivity contribution < 1.29 is 22.1 Å². The smallest absolute Gasteiger partial charge is 0.339 e. The molecule has 6 rings (SSSR count). The van der Waals surface area contributed by atoms with Crippen molar-refractivity contribution >= 4 is 42.4 Å². The van der Waals surface area contributed by atoms with Crippen LogP contribution in [0.3, 0.4) is 0 Å². The van der Waals surface area contributed by atoms with Gasteiger partial charge in [0.25, 0.3) is 0 Å². The fourth-order valence-corrected chi connectivity index (χ4v) is 7.17. The van der Waals surface area contributed by atoms with Gasteiger partial charge in [0.1, 0.15) is 16.5 Å². The first-order valence-electron chi connectivity index (χ1n) is 15.4. The first kappa shape index (κ1) is 31.5. The molecule has 0 radical (unpaired) electrons. The number of hydrogen-bond acceptors (Lipinski definition) is 5. The second kappa shape index (κ2) is 11.4. The van der Waals surface area contributed by atoms with E-state index in [9.17, 15) is 13.5 Å². The molecule has 0 aliphatic heterocycles. The number of benzene rings is 5. The number of pyridine rings is 1. The average Bonchev–Trinajstić information content (AvgIpc) is 2.97. The van der Waals surface area contributed by atoms with Crippen LogP contribution in [0.25, 0.3) is 43.6 Å². The van der Waals surface area contributed by atoms with Crippen LogP contribution in [0.4, 0.5) is 4.39 Å². The lowest BCUT2D eigenvalue weighted by atomic mass is 9.82. The van der Waals surface area contributed by atoms with Crippen LogP contribution in [0.15, 0.2) is 96.0 Å². The van der Waals surface area contributed by atoms with Gasteiger partial charge in [0.15, 0.2) is 5.75 Å². The predicted molar refractivity (Wildman–Crippen MR) is 184 cm³/mol. The lowest BCUT2D eigenvalue weighted by molar-refractivity contribution is 0.397. The van der Waals surface area contributed by atoms with Crippen LogP contribution in [-0.4, -0.2) is 18.5 Å². The SMILES string of the molecule is CC(C)(C)Cc1ccc2c(CC(C)(C)C)c(O)c(-c3nccc4c3c(OS(=O)(=O)c3ccccc3)cc3c(F)cccc34)cc2c1. The Morgan fingerprint density at radius 3 is 2.17 bits per heavy atom. The molecule has 0 aliphatic carbocycles. The molecule has 0 atom stereocenters. The van der Waals surface area contributed by atoms with Crippen LogP contribution in [0.1, 0.15) is 52.7 Å². The van der Waals surface area contributed by atoms with Crippen LogP contribution < -0.4 is 4.18 Å². The Morgan fingerprint density at radius 2 is 1.48 bits per heavy atom. The van der Waals surface area contributed by atoms with E-state index >= 15 is 4.39 Å². The third-order valence-electron chi connectivity index (χ3n) is 8.03. The van der Waals surface area contributed by atoms with Crippen LogP contribution >= 0.6 is 0 Å². The third kappa shape index (κ3) is 6.16. The molecule has 1 aromatic heterocycles. The van der Waals surface area contributed by atoms with E-state index < -0.39 is 15.9 Å². The minimum Gasteiger partial charge on any atom is -0.507 e. The van der Waals surface area contributed by atoms with Crippen molar-refractivity contribution in [1.82, 2.24) is 4.98 Å². The van der Waals surface area contributed by atoms with E-state index in [1.54, 1.807) is 42.6 Å². The maximum atomic E-state index is 15.2. The molecule has 0 fully saturated rings. The van der Waals surface area contributed by atoms with Gasteiger partial charge in [0.05, 0.1) is 11.1 Å². The summed E-state index contributed by atoms with van der Waals surface area (Å²) in [7, 11) is -4.30. The summed E-state index contributed by atoms with van der Waals surface area (Å²) >= 11 is 0. The number of aromatic hydroxyl groups is 1. The zero-order valence-corrected chi connectivity index (χ0v) is 27.8. The Kier molecular flexibility index (Phi) is 7.80. The molecule has 6 aromatic rings.